The molecular formula is C75H85ClF9N13O10. The molecule has 0 bridgehead atoms. The van der Waals surface area contributed by atoms with Crippen LogP contribution in [0.1, 0.15) is 110 Å². The third-order valence-electron chi connectivity index (χ3n) is 18.6. The Hall–Kier alpha value is -9.89. The van der Waals surface area contributed by atoms with E-state index in [0.717, 1.165) is 37.4 Å². The van der Waals surface area contributed by atoms with Crippen molar-refractivity contribution in [2.45, 2.75) is 141 Å². The van der Waals surface area contributed by atoms with Crippen LogP contribution in [-0.4, -0.2) is 157 Å². The van der Waals surface area contributed by atoms with Crippen molar-refractivity contribution >= 4 is 57.1 Å². The molecule has 33 heteroatoms. The van der Waals surface area contributed by atoms with Crippen LogP contribution in [0.5, 0.6) is 11.5 Å². The van der Waals surface area contributed by atoms with Gasteiger partial charge in [-0.05, 0) is 151 Å². The zero-order chi connectivity index (χ0) is 78.0. The van der Waals surface area contributed by atoms with Crippen molar-refractivity contribution in [3.05, 3.63) is 193 Å². The molecule has 1 aliphatic carbocycles. The van der Waals surface area contributed by atoms with Crippen LogP contribution in [0.25, 0.3) is 22.5 Å². The standard InChI is InChI=1S/C26H28F3N5O2.C15H14ClF2N3O.C11H13FN2O3.C11H15FN2O.C6H3F2NO2.C6H12O/c1-15(2)34-7-8-36-26-20(28)9-16(10-22(26)34)25-21(29)13-31-24(32-25)12-17-11-19(27)23(14-30-17)33-5-3-18(35)4-6-33;1-8(2)21-3-4-22-14-10(17)5-9(6-12(14)21)13-11(18)7-19-15(16)20-13;12-10-7-8(14(16)17)1-2-11(10)13-5-3-9(15)4-6-13;12-10-7-8(13)1-2-11(10)14-5-3-9(15)4-6-14;7-5-2-1-4(9(10)11)3-6(5)8;7-6-4-2-1-3-5-6/h9-11,13-15,18,35H,3-8,12H2,1-2H3;5-8H,3-4H2,1-2H3;1-2,7,9,15H,3-6H2;1-2,7,9,15H,3-6,13H2;1-3H;6-7H,1-5H2. The van der Waals surface area contributed by atoms with Crippen LogP contribution in [-0.2, 0) is 6.42 Å². The first kappa shape index (κ1) is 82.2. The average Bonchev–Trinajstić information content (AvgIpc) is 0.780. The molecule has 0 unspecified atom stereocenters. The van der Waals surface area contributed by atoms with Crippen molar-refractivity contribution in [3.63, 3.8) is 0 Å². The van der Waals surface area contributed by atoms with Gasteiger partial charge in [-0.3, -0.25) is 25.2 Å². The molecule has 5 aliphatic heterocycles. The van der Waals surface area contributed by atoms with Crippen LogP contribution in [0.4, 0.5) is 85.0 Å². The number of aromatic nitrogens is 5. The number of pyridine rings is 1. The van der Waals surface area contributed by atoms with E-state index in [-0.39, 0.29) is 94.0 Å². The Labute approximate surface area is 622 Å². The number of nitrogen functional groups attached to an aromatic ring is 1. The molecule has 6 N–H and O–H groups in total. The van der Waals surface area contributed by atoms with Crippen molar-refractivity contribution in [3.8, 4) is 34.0 Å². The lowest BCUT2D eigenvalue weighted by Crippen LogP contribution is -2.38. The minimum Gasteiger partial charge on any atom is -0.486 e. The fourth-order valence-corrected chi connectivity index (χ4v) is 12.9. The first-order valence-electron chi connectivity index (χ1n) is 35.4. The summed E-state index contributed by atoms with van der Waals surface area (Å²) >= 11 is 5.71. The van der Waals surface area contributed by atoms with Gasteiger partial charge in [-0.15, -0.1) is 0 Å². The van der Waals surface area contributed by atoms with E-state index in [9.17, 15) is 75.1 Å². The number of non-ortho nitro benzene ring substituents is 2. The molecule has 6 aliphatic rings. The first-order chi connectivity index (χ1) is 51.5. The molecule has 5 aromatic carbocycles. The van der Waals surface area contributed by atoms with E-state index >= 15 is 0 Å². The normalized spacial score (nSPS) is 16.1. The largest absolute Gasteiger partial charge is 0.486 e. The molecular weight excluding hydrogens is 1450 g/mol. The highest BCUT2D eigenvalue weighted by atomic mass is 35.5. The van der Waals surface area contributed by atoms with Gasteiger partial charge in [-0.1, -0.05) is 19.3 Å². The predicted octanol–water partition coefficient (Wildman–Crippen LogP) is 14.0. The molecule has 4 fully saturated rings. The van der Waals surface area contributed by atoms with Crippen molar-refractivity contribution in [1.29, 1.82) is 0 Å². The Bertz CT molecular complexity index is 4380. The number of hydrogen-bond donors (Lipinski definition) is 5. The number of benzene rings is 5. The lowest BCUT2D eigenvalue weighted by molar-refractivity contribution is -0.385. The second-order valence-electron chi connectivity index (χ2n) is 26.9. The van der Waals surface area contributed by atoms with Crippen molar-refractivity contribution in [2.24, 2.45) is 0 Å². The fourth-order valence-electron chi connectivity index (χ4n) is 12.8. The average molecular weight is 1540 g/mol. The number of fused-ring (bicyclic) bond motifs is 2. The number of nitrogens with two attached hydrogens (primary N) is 1. The Balaban J connectivity index is 0.000000161. The monoisotopic (exact) mass is 1530 g/mol. The van der Waals surface area contributed by atoms with Crippen LogP contribution in [0.2, 0.25) is 5.28 Å². The molecule has 3 aromatic heterocycles. The summed E-state index contributed by atoms with van der Waals surface area (Å²) in [5.41, 5.74) is 8.57. The van der Waals surface area contributed by atoms with E-state index in [2.05, 4.69) is 24.9 Å². The molecule has 0 spiro atoms. The summed E-state index contributed by atoms with van der Waals surface area (Å²) in [6, 6.07) is 17.9. The van der Waals surface area contributed by atoms with Gasteiger partial charge in [0.1, 0.15) is 42.1 Å². The highest BCUT2D eigenvalue weighted by molar-refractivity contribution is 6.28. The maximum absolute atomic E-state index is 14.9. The van der Waals surface area contributed by atoms with E-state index < -0.39 is 62.1 Å². The molecule has 1 saturated carbocycles. The van der Waals surface area contributed by atoms with E-state index in [0.29, 0.717) is 162 Å². The molecule has 8 aromatic rings. The van der Waals surface area contributed by atoms with Crippen LogP contribution >= 0.6 is 11.6 Å². The van der Waals surface area contributed by atoms with Gasteiger partial charge in [0.05, 0.1) is 119 Å². The van der Waals surface area contributed by atoms with Crippen LogP contribution in [0.3, 0.4) is 0 Å². The molecule has 0 radical (unpaired) electrons. The topological polar surface area (TPSA) is 292 Å². The number of piperidine rings is 3. The highest BCUT2D eigenvalue weighted by Gasteiger charge is 2.30. The van der Waals surface area contributed by atoms with Gasteiger partial charge in [-0.25, -0.2) is 59.4 Å². The second-order valence-corrected chi connectivity index (χ2v) is 27.2. The molecule has 3 saturated heterocycles. The summed E-state index contributed by atoms with van der Waals surface area (Å²) < 4.78 is 135. The predicted molar refractivity (Wildman–Crippen MR) is 391 cm³/mol. The van der Waals surface area contributed by atoms with Gasteiger partial charge in [-0.2, -0.15) is 0 Å². The minimum absolute atomic E-state index is 0.0315. The maximum Gasteiger partial charge on any atom is 0.272 e. The third kappa shape index (κ3) is 22.2. The zero-order valence-corrected chi connectivity index (χ0v) is 60.6. The fraction of sp³-hybridized carbons (Fsp3) is 0.427. The number of ether oxygens (including phenoxy) is 2. The summed E-state index contributed by atoms with van der Waals surface area (Å²) in [5.74, 6) is -5.50. The zero-order valence-electron chi connectivity index (χ0n) is 59.8. The van der Waals surface area contributed by atoms with E-state index in [1.807, 2.05) is 47.3 Å². The Kier molecular flexibility index (Phi) is 29.1. The van der Waals surface area contributed by atoms with Crippen LogP contribution in [0, 0.1) is 72.6 Å². The molecule has 580 valence electrons. The van der Waals surface area contributed by atoms with Gasteiger partial charge in [0, 0.05) is 80.3 Å². The summed E-state index contributed by atoms with van der Waals surface area (Å²) in [5, 5.41) is 57.7. The van der Waals surface area contributed by atoms with Crippen molar-refractivity contribution in [2.75, 3.05) is 95.8 Å². The maximum atomic E-state index is 14.9. The lowest BCUT2D eigenvalue weighted by atomic mass is 9.98. The number of aliphatic hydroxyl groups excluding tert-OH is 4. The summed E-state index contributed by atoms with van der Waals surface area (Å²) in [6.07, 6.45) is 12.3. The minimum atomic E-state index is -1.21. The number of nitrogens with zero attached hydrogens (tertiary/aromatic N) is 12. The molecule has 108 heavy (non-hydrogen) atoms. The quantitative estimate of drug-likeness (QED) is 0.0264. The SMILES string of the molecule is CC(C)N1CCOc2c(F)cc(-c3nc(Cc4cc(F)c(N5CCC(O)CC5)cn4)ncc3F)cc21.CC(C)N1CCOc2c(F)cc(-c3nc(Cl)ncc3F)cc21.Nc1ccc(N2CCC(O)CC2)c(F)c1.O=[N+]([O-])c1ccc(F)c(F)c1.O=[N+]([O-])c1ccc(N2CCC(O)CC2)c(F)c1.OC1CCCCC1. The number of nitro benzene ring substituents is 2. The molecule has 0 atom stereocenters. The molecule has 8 heterocycles. The Morgan fingerprint density at radius 2 is 0.889 bits per heavy atom. The lowest BCUT2D eigenvalue weighted by Gasteiger charge is -2.34. The second kappa shape index (κ2) is 38.3. The van der Waals surface area contributed by atoms with E-state index in [1.165, 1.54) is 61.9 Å². The first-order valence-corrected chi connectivity index (χ1v) is 35.8. The third-order valence-corrected chi connectivity index (χ3v) is 18.8. The van der Waals surface area contributed by atoms with Gasteiger partial charge in [0.25, 0.3) is 11.4 Å². The van der Waals surface area contributed by atoms with Crippen LogP contribution < -0.4 is 39.7 Å². The molecule has 0 amide bonds. The number of hydrogen-bond acceptors (Lipinski definition) is 21. The summed E-state index contributed by atoms with van der Waals surface area (Å²) in [7, 11) is 0. The Morgan fingerprint density at radius 3 is 1.32 bits per heavy atom. The van der Waals surface area contributed by atoms with Crippen molar-refractivity contribution in [1.82, 2.24) is 24.9 Å². The summed E-state index contributed by atoms with van der Waals surface area (Å²) in [4.78, 5) is 48.8. The van der Waals surface area contributed by atoms with Gasteiger partial charge < -0.3 is 60.1 Å². The summed E-state index contributed by atoms with van der Waals surface area (Å²) in [6.45, 7) is 13.6. The van der Waals surface area contributed by atoms with E-state index in [1.54, 1.807) is 29.2 Å². The van der Waals surface area contributed by atoms with Gasteiger partial charge in [0.2, 0.25) is 5.28 Å². The molecule has 14 rings (SSSR count). The number of halogens is 10. The number of rotatable bonds is 11. The Morgan fingerprint density at radius 1 is 0.463 bits per heavy atom. The smallest absolute Gasteiger partial charge is 0.272 e. The number of nitro groups is 2. The highest BCUT2D eigenvalue weighted by Crippen LogP contribution is 2.42. The number of anilines is 6. The molecule has 23 nitrogen and oxygen atoms in total. The van der Waals surface area contributed by atoms with Crippen molar-refractivity contribution < 1.29 is 79.3 Å². The van der Waals surface area contributed by atoms with E-state index in [4.69, 9.17) is 31.9 Å². The van der Waals surface area contributed by atoms with Gasteiger partial charge in [0.15, 0.2) is 52.2 Å². The number of aliphatic hydroxyl groups is 4. The van der Waals surface area contributed by atoms with Gasteiger partial charge >= 0.3 is 0 Å². The van der Waals surface area contributed by atoms with Crippen LogP contribution in [0.15, 0.2) is 104 Å².